The Morgan fingerprint density at radius 1 is 1.21 bits per heavy atom. The average Bonchev–Trinajstić information content (AvgIpc) is 3.25. The molecular weight excluding hydrogens is 374 g/mol. The summed E-state index contributed by atoms with van der Waals surface area (Å²) in [5.41, 5.74) is 3.63. The first kappa shape index (κ1) is 18.0. The van der Waals surface area contributed by atoms with E-state index in [1.165, 1.54) is 18.3 Å². The molecule has 0 fully saturated rings. The lowest BCUT2D eigenvalue weighted by molar-refractivity contribution is -0.114. The number of ether oxygens (including phenoxy) is 1. The predicted octanol–water partition coefficient (Wildman–Crippen LogP) is 4.04. The summed E-state index contributed by atoms with van der Waals surface area (Å²) in [6.45, 7) is 2.16. The van der Waals surface area contributed by atoms with Crippen LogP contribution in [0.5, 0.6) is 5.75 Å². The van der Waals surface area contributed by atoms with Gasteiger partial charge >= 0.3 is 0 Å². The lowest BCUT2D eigenvalue weighted by Gasteiger charge is -2.04. The Balaban J connectivity index is 1.48. The molecule has 2 heterocycles. The van der Waals surface area contributed by atoms with Crippen molar-refractivity contribution in [2.24, 2.45) is 0 Å². The second-order valence-electron chi connectivity index (χ2n) is 6.22. The van der Waals surface area contributed by atoms with E-state index in [4.69, 9.17) is 4.74 Å². The van der Waals surface area contributed by atoms with Crippen molar-refractivity contribution in [2.45, 2.75) is 13.5 Å². The van der Waals surface area contributed by atoms with Crippen molar-refractivity contribution in [3.8, 4) is 17.0 Å². The highest BCUT2D eigenvalue weighted by Crippen LogP contribution is 2.26. The van der Waals surface area contributed by atoms with Crippen LogP contribution in [-0.4, -0.2) is 27.6 Å². The first-order chi connectivity index (χ1) is 13.6. The fraction of sp³-hybridized carbons (Fsp3) is 0.150. The minimum atomic E-state index is -0.0998. The van der Waals surface area contributed by atoms with Crippen LogP contribution >= 0.6 is 11.3 Å². The molecular formula is C20H19N5O2S. The molecule has 0 saturated heterocycles. The van der Waals surface area contributed by atoms with Gasteiger partial charge in [0.25, 0.3) is 0 Å². The SMILES string of the molecule is COc1ccc(CNc2nn3cc(-c4cccc(NC(C)=O)c4)nc3s2)cc1. The Bertz CT molecular complexity index is 1090. The summed E-state index contributed by atoms with van der Waals surface area (Å²) < 4.78 is 6.94. The van der Waals surface area contributed by atoms with E-state index in [2.05, 4.69) is 20.7 Å². The molecule has 0 unspecified atom stereocenters. The molecule has 8 heteroatoms. The molecule has 0 aliphatic rings. The molecule has 7 nitrogen and oxygen atoms in total. The number of hydrogen-bond donors (Lipinski definition) is 2. The quantitative estimate of drug-likeness (QED) is 0.517. The van der Waals surface area contributed by atoms with Gasteiger partial charge in [0.2, 0.25) is 16.0 Å². The molecule has 142 valence electrons. The Morgan fingerprint density at radius 3 is 2.75 bits per heavy atom. The van der Waals surface area contributed by atoms with Crippen LogP contribution < -0.4 is 15.4 Å². The first-order valence-corrected chi connectivity index (χ1v) is 9.53. The summed E-state index contributed by atoms with van der Waals surface area (Å²) in [6.07, 6.45) is 1.89. The van der Waals surface area contributed by atoms with Gasteiger partial charge in [0, 0.05) is 24.7 Å². The van der Waals surface area contributed by atoms with Crippen LogP contribution in [0.2, 0.25) is 0 Å². The third-order valence-electron chi connectivity index (χ3n) is 4.12. The fourth-order valence-electron chi connectivity index (χ4n) is 2.79. The van der Waals surface area contributed by atoms with E-state index >= 15 is 0 Å². The number of anilines is 2. The lowest BCUT2D eigenvalue weighted by Crippen LogP contribution is -2.05. The molecule has 4 aromatic rings. The van der Waals surface area contributed by atoms with Crippen molar-refractivity contribution in [3.05, 3.63) is 60.3 Å². The summed E-state index contributed by atoms with van der Waals surface area (Å²) in [5.74, 6) is 0.740. The Kier molecular flexibility index (Phi) is 4.94. The number of nitrogens with zero attached hydrogens (tertiary/aromatic N) is 3. The smallest absolute Gasteiger partial charge is 0.221 e. The number of benzene rings is 2. The van der Waals surface area contributed by atoms with E-state index < -0.39 is 0 Å². The number of methoxy groups -OCH3 is 1. The highest BCUT2D eigenvalue weighted by atomic mass is 32.1. The monoisotopic (exact) mass is 393 g/mol. The molecule has 28 heavy (non-hydrogen) atoms. The highest BCUT2D eigenvalue weighted by Gasteiger charge is 2.10. The summed E-state index contributed by atoms with van der Waals surface area (Å²) >= 11 is 1.49. The highest BCUT2D eigenvalue weighted by molar-refractivity contribution is 7.20. The number of aromatic nitrogens is 3. The van der Waals surface area contributed by atoms with Gasteiger partial charge in [0.1, 0.15) is 5.75 Å². The summed E-state index contributed by atoms with van der Waals surface area (Å²) in [4.78, 5) is 16.7. The zero-order valence-electron chi connectivity index (χ0n) is 15.5. The summed E-state index contributed by atoms with van der Waals surface area (Å²) in [5, 5.41) is 11.5. The van der Waals surface area contributed by atoms with Crippen molar-refractivity contribution < 1.29 is 9.53 Å². The zero-order valence-corrected chi connectivity index (χ0v) is 16.3. The standard InChI is InChI=1S/C20H19N5O2S/c1-13(26)22-16-5-3-4-15(10-16)18-12-25-20(23-18)28-19(24-25)21-11-14-6-8-17(27-2)9-7-14/h3-10,12H,11H2,1-2H3,(H,21,24)(H,22,26). The first-order valence-electron chi connectivity index (χ1n) is 8.72. The molecule has 2 aromatic heterocycles. The molecule has 1 amide bonds. The number of nitrogens with one attached hydrogen (secondary N) is 2. The van der Waals surface area contributed by atoms with Gasteiger partial charge in [-0.15, -0.1) is 5.10 Å². The largest absolute Gasteiger partial charge is 0.497 e. The van der Waals surface area contributed by atoms with Gasteiger partial charge in [0.05, 0.1) is 19.0 Å². The minimum absolute atomic E-state index is 0.0998. The normalized spacial score (nSPS) is 10.8. The van der Waals surface area contributed by atoms with Gasteiger partial charge in [0.15, 0.2) is 0 Å². The van der Waals surface area contributed by atoms with E-state index in [9.17, 15) is 4.79 Å². The van der Waals surface area contributed by atoms with Gasteiger partial charge in [-0.3, -0.25) is 4.79 Å². The van der Waals surface area contributed by atoms with E-state index in [-0.39, 0.29) is 5.91 Å². The molecule has 0 aliphatic carbocycles. The Hall–Kier alpha value is -3.39. The number of carbonyl (C=O) groups is 1. The Labute approximate surface area is 166 Å². The molecule has 0 radical (unpaired) electrons. The molecule has 0 atom stereocenters. The van der Waals surface area contributed by atoms with Gasteiger partial charge in [-0.25, -0.2) is 9.50 Å². The van der Waals surface area contributed by atoms with E-state index in [1.807, 2.05) is 54.7 Å². The van der Waals surface area contributed by atoms with Crippen LogP contribution in [0.3, 0.4) is 0 Å². The van der Waals surface area contributed by atoms with E-state index in [0.29, 0.717) is 6.54 Å². The molecule has 0 bridgehead atoms. The van der Waals surface area contributed by atoms with E-state index in [1.54, 1.807) is 11.6 Å². The molecule has 0 spiro atoms. The second kappa shape index (κ2) is 7.69. The van der Waals surface area contributed by atoms with Crippen molar-refractivity contribution in [1.82, 2.24) is 14.6 Å². The zero-order chi connectivity index (χ0) is 19.5. The van der Waals surface area contributed by atoms with Crippen molar-refractivity contribution in [2.75, 3.05) is 17.7 Å². The average molecular weight is 393 g/mol. The molecule has 2 aromatic carbocycles. The number of rotatable bonds is 6. The molecule has 4 rings (SSSR count). The third kappa shape index (κ3) is 3.96. The predicted molar refractivity (Wildman–Crippen MR) is 111 cm³/mol. The van der Waals surface area contributed by atoms with Gasteiger partial charge < -0.3 is 15.4 Å². The van der Waals surface area contributed by atoms with Crippen LogP contribution in [0.25, 0.3) is 16.2 Å². The number of fused-ring (bicyclic) bond motifs is 1. The van der Waals surface area contributed by atoms with Gasteiger partial charge in [-0.2, -0.15) is 0 Å². The molecule has 0 saturated carbocycles. The fourth-order valence-corrected chi connectivity index (χ4v) is 3.57. The maximum atomic E-state index is 11.2. The third-order valence-corrected chi connectivity index (χ3v) is 5.00. The number of hydrogen-bond acceptors (Lipinski definition) is 6. The van der Waals surface area contributed by atoms with Crippen LogP contribution in [0, 0.1) is 0 Å². The number of imidazole rings is 1. The van der Waals surface area contributed by atoms with Crippen LogP contribution in [0.1, 0.15) is 12.5 Å². The topological polar surface area (TPSA) is 80.5 Å². The Morgan fingerprint density at radius 2 is 2.04 bits per heavy atom. The van der Waals surface area contributed by atoms with Crippen molar-refractivity contribution in [1.29, 1.82) is 0 Å². The molecule has 0 aliphatic heterocycles. The van der Waals surface area contributed by atoms with Crippen molar-refractivity contribution in [3.63, 3.8) is 0 Å². The maximum absolute atomic E-state index is 11.2. The summed E-state index contributed by atoms with van der Waals surface area (Å²) in [6, 6.07) is 15.5. The molecule has 2 N–H and O–H groups in total. The maximum Gasteiger partial charge on any atom is 0.221 e. The minimum Gasteiger partial charge on any atom is -0.497 e. The lowest BCUT2D eigenvalue weighted by atomic mass is 10.1. The van der Waals surface area contributed by atoms with Crippen LogP contribution in [-0.2, 0) is 11.3 Å². The van der Waals surface area contributed by atoms with Crippen LogP contribution in [0.15, 0.2) is 54.7 Å². The summed E-state index contributed by atoms with van der Waals surface area (Å²) in [7, 11) is 1.66. The van der Waals surface area contributed by atoms with Crippen LogP contribution in [0.4, 0.5) is 10.8 Å². The van der Waals surface area contributed by atoms with Crippen molar-refractivity contribution >= 4 is 33.0 Å². The number of carbonyl (C=O) groups excluding carboxylic acids is 1. The second-order valence-corrected chi connectivity index (χ2v) is 7.18. The number of amides is 1. The van der Waals surface area contributed by atoms with E-state index in [0.717, 1.165) is 38.4 Å². The van der Waals surface area contributed by atoms with Gasteiger partial charge in [-0.05, 0) is 29.8 Å². The van der Waals surface area contributed by atoms with Gasteiger partial charge in [-0.1, -0.05) is 35.6 Å².